The summed E-state index contributed by atoms with van der Waals surface area (Å²) in [6.45, 7) is 0.340. The molecule has 3 aliphatic rings. The lowest BCUT2D eigenvalue weighted by Gasteiger charge is -2.37. The van der Waals surface area contributed by atoms with E-state index in [9.17, 15) is 9.59 Å². The molecule has 3 fully saturated rings. The Morgan fingerprint density at radius 2 is 1.50 bits per heavy atom. The van der Waals surface area contributed by atoms with Gasteiger partial charge in [0.15, 0.2) is 18.6 Å². The topological polar surface area (TPSA) is 77.1 Å². The number of nitrogens with one attached hydrogen (secondary N) is 1. The molecule has 2 aromatic rings. The molecule has 0 saturated carbocycles. The van der Waals surface area contributed by atoms with Crippen LogP contribution in [0.1, 0.15) is 11.1 Å². The van der Waals surface area contributed by atoms with Gasteiger partial charge in [-0.15, -0.1) is 0 Å². The summed E-state index contributed by atoms with van der Waals surface area (Å²) < 4.78 is 16.0. The minimum Gasteiger partial charge on any atom is -0.460 e. The molecule has 7 nitrogen and oxygen atoms in total. The summed E-state index contributed by atoms with van der Waals surface area (Å²) in [5, 5.41) is 2.92. The summed E-state index contributed by atoms with van der Waals surface area (Å²) in [6, 6.07) is 18.1. The van der Waals surface area contributed by atoms with Gasteiger partial charge in [-0.2, -0.15) is 0 Å². The normalized spacial score (nSPS) is 23.2. The Balaban J connectivity index is 1.29. The Morgan fingerprint density at radius 1 is 0.923 bits per heavy atom. The van der Waals surface area contributed by atoms with Crippen LogP contribution in [0, 0.1) is 0 Å². The Morgan fingerprint density at radius 3 is 2.12 bits per heavy atom. The predicted octanol–water partition coefficient (Wildman–Crippen LogP) is 1.98. The Kier molecular flexibility index (Phi) is 4.55. The first-order chi connectivity index (χ1) is 12.7. The average Bonchev–Trinajstić information content (AvgIpc) is 3.27. The number of ether oxygens (including phenoxy) is 3. The zero-order valence-corrected chi connectivity index (χ0v) is 13.9. The molecule has 134 valence electrons. The molecule has 1 amide bonds. The fourth-order valence-corrected chi connectivity index (χ4v) is 2.93. The third-order valence-corrected chi connectivity index (χ3v) is 4.30. The molecule has 3 unspecified atom stereocenters. The Hall–Kier alpha value is -2.90. The maximum atomic E-state index is 12.3. The smallest absolute Gasteiger partial charge is 0.415 e. The molecule has 2 bridgehead atoms. The van der Waals surface area contributed by atoms with Crippen molar-refractivity contribution in [2.24, 2.45) is 0 Å². The molecule has 1 N–H and O–H groups in total. The van der Waals surface area contributed by atoms with Gasteiger partial charge in [0.05, 0.1) is 0 Å². The lowest BCUT2D eigenvalue weighted by atomic mass is 10.2. The van der Waals surface area contributed by atoms with Gasteiger partial charge in [-0.1, -0.05) is 60.7 Å². The molecule has 3 heterocycles. The van der Waals surface area contributed by atoms with Gasteiger partial charge in [0.2, 0.25) is 0 Å². The highest BCUT2D eigenvalue weighted by atomic mass is 16.6. The SMILES string of the molecule is O=C(OCc1ccccc1)C1NC2OC1N2C(=O)OCc1ccccc1. The molecular formula is C19H18N2O5. The van der Waals surface area contributed by atoms with Crippen LogP contribution in [-0.2, 0) is 32.2 Å². The van der Waals surface area contributed by atoms with Crippen LogP contribution in [0.15, 0.2) is 60.7 Å². The minimum atomic E-state index is -0.715. The first-order valence-corrected chi connectivity index (χ1v) is 8.33. The van der Waals surface area contributed by atoms with E-state index in [1.54, 1.807) is 0 Å². The monoisotopic (exact) mass is 354 g/mol. The molecule has 5 rings (SSSR count). The molecule has 0 aromatic heterocycles. The highest BCUT2D eigenvalue weighted by molar-refractivity contribution is 5.80. The molecule has 0 radical (unpaired) electrons. The van der Waals surface area contributed by atoms with Crippen molar-refractivity contribution in [3.05, 3.63) is 71.8 Å². The number of hydrogen-bond acceptors (Lipinski definition) is 6. The highest BCUT2D eigenvalue weighted by Crippen LogP contribution is 2.32. The summed E-state index contributed by atoms with van der Waals surface area (Å²) in [6.07, 6.45) is -1.88. The third kappa shape index (κ3) is 3.26. The second-order valence-corrected chi connectivity index (χ2v) is 6.06. The number of hydrogen-bond donors (Lipinski definition) is 1. The van der Waals surface area contributed by atoms with Crippen LogP contribution < -0.4 is 5.32 Å². The summed E-state index contributed by atoms with van der Waals surface area (Å²) in [5.74, 6) is -0.459. The largest absolute Gasteiger partial charge is 0.460 e. The minimum absolute atomic E-state index is 0.165. The number of amides is 1. The highest BCUT2D eigenvalue weighted by Gasteiger charge is 2.59. The number of benzene rings is 2. The van der Waals surface area contributed by atoms with Crippen molar-refractivity contribution in [3.63, 3.8) is 0 Å². The average molecular weight is 354 g/mol. The molecule has 0 aliphatic carbocycles. The molecule has 3 atom stereocenters. The van der Waals surface area contributed by atoms with E-state index in [0.29, 0.717) is 0 Å². The van der Waals surface area contributed by atoms with Crippen molar-refractivity contribution in [1.82, 2.24) is 10.2 Å². The van der Waals surface area contributed by atoms with Gasteiger partial charge in [0.1, 0.15) is 13.2 Å². The van der Waals surface area contributed by atoms with E-state index in [1.807, 2.05) is 60.7 Å². The van der Waals surface area contributed by atoms with E-state index < -0.39 is 30.7 Å². The van der Waals surface area contributed by atoms with E-state index in [2.05, 4.69) is 5.32 Å². The summed E-state index contributed by atoms with van der Waals surface area (Å²) in [5.41, 5.74) is 1.78. The standard InChI is InChI=1S/C19H18N2O5/c22-17(24-11-13-7-3-1-4-8-13)15-16-21(18(20-15)26-16)19(23)25-12-14-9-5-2-6-10-14/h1-10,15-16,18,20H,11-12H2. The lowest BCUT2D eigenvalue weighted by molar-refractivity contribution is -0.223. The van der Waals surface area contributed by atoms with Crippen LogP contribution in [0.5, 0.6) is 0 Å². The first-order valence-electron chi connectivity index (χ1n) is 8.33. The number of esters is 1. The van der Waals surface area contributed by atoms with E-state index in [-0.39, 0.29) is 13.2 Å². The maximum Gasteiger partial charge on any atom is 0.415 e. The second kappa shape index (κ2) is 7.15. The van der Waals surface area contributed by atoms with Crippen molar-refractivity contribution < 1.29 is 23.8 Å². The molecule has 2 aromatic carbocycles. The van der Waals surface area contributed by atoms with Crippen molar-refractivity contribution in [2.45, 2.75) is 31.8 Å². The van der Waals surface area contributed by atoms with Crippen molar-refractivity contribution in [2.75, 3.05) is 0 Å². The lowest BCUT2D eigenvalue weighted by Crippen LogP contribution is -2.57. The first kappa shape index (κ1) is 16.6. The van der Waals surface area contributed by atoms with E-state index >= 15 is 0 Å². The van der Waals surface area contributed by atoms with Crippen molar-refractivity contribution in [3.8, 4) is 0 Å². The second-order valence-electron chi connectivity index (χ2n) is 6.06. The Labute approximate surface area is 150 Å². The van der Waals surface area contributed by atoms with Gasteiger partial charge in [-0.05, 0) is 11.1 Å². The molecule has 3 aliphatic heterocycles. The Bertz CT molecular complexity index is 726. The van der Waals surface area contributed by atoms with Crippen molar-refractivity contribution >= 4 is 12.1 Å². The fraction of sp³-hybridized carbons (Fsp3) is 0.263. The van der Waals surface area contributed by atoms with Gasteiger partial charge >= 0.3 is 12.1 Å². The van der Waals surface area contributed by atoms with Gasteiger partial charge in [-0.25, -0.2) is 9.69 Å². The van der Waals surface area contributed by atoms with E-state index in [4.69, 9.17) is 14.2 Å². The maximum absolute atomic E-state index is 12.3. The molecule has 3 saturated heterocycles. The number of carbonyl (C=O) groups excluding carboxylic acids is 2. The van der Waals surface area contributed by atoms with Crippen LogP contribution in [0.2, 0.25) is 0 Å². The van der Waals surface area contributed by atoms with Crippen LogP contribution in [-0.4, -0.2) is 35.6 Å². The summed E-state index contributed by atoms with van der Waals surface area (Å²) >= 11 is 0. The van der Waals surface area contributed by atoms with Gasteiger partial charge < -0.3 is 14.2 Å². The number of nitrogens with zero attached hydrogens (tertiary/aromatic N) is 1. The quantitative estimate of drug-likeness (QED) is 0.828. The summed E-state index contributed by atoms with van der Waals surface area (Å²) in [7, 11) is 0. The molecular weight excluding hydrogens is 336 g/mol. The molecule has 7 heteroatoms. The predicted molar refractivity (Wildman–Crippen MR) is 90.3 cm³/mol. The van der Waals surface area contributed by atoms with E-state index in [1.165, 1.54) is 4.90 Å². The van der Waals surface area contributed by atoms with Gasteiger partial charge in [-0.3, -0.25) is 10.1 Å². The number of carbonyl (C=O) groups is 2. The zero-order chi connectivity index (χ0) is 17.9. The van der Waals surface area contributed by atoms with Crippen LogP contribution in [0.4, 0.5) is 4.79 Å². The van der Waals surface area contributed by atoms with Gasteiger partial charge in [0, 0.05) is 0 Å². The van der Waals surface area contributed by atoms with E-state index in [0.717, 1.165) is 11.1 Å². The van der Waals surface area contributed by atoms with Gasteiger partial charge in [0.25, 0.3) is 0 Å². The summed E-state index contributed by atoms with van der Waals surface area (Å²) in [4.78, 5) is 25.9. The fourth-order valence-electron chi connectivity index (χ4n) is 2.93. The van der Waals surface area contributed by atoms with Crippen LogP contribution in [0.3, 0.4) is 0 Å². The number of fused-ring (bicyclic) bond motifs is 1. The molecule has 26 heavy (non-hydrogen) atoms. The molecule has 0 spiro atoms. The van der Waals surface area contributed by atoms with Crippen LogP contribution in [0.25, 0.3) is 0 Å². The zero-order valence-electron chi connectivity index (χ0n) is 13.9. The number of rotatable bonds is 5. The van der Waals surface area contributed by atoms with Crippen LogP contribution >= 0.6 is 0 Å². The van der Waals surface area contributed by atoms with Crippen molar-refractivity contribution in [1.29, 1.82) is 0 Å². The third-order valence-electron chi connectivity index (χ3n) is 4.30.